The molecule has 0 saturated heterocycles. The highest BCUT2D eigenvalue weighted by atomic mass is 19.1. The van der Waals surface area contributed by atoms with Crippen LogP contribution in [0.1, 0.15) is 18.1 Å². The van der Waals surface area contributed by atoms with Crippen LogP contribution in [0.2, 0.25) is 0 Å². The summed E-state index contributed by atoms with van der Waals surface area (Å²) in [6, 6.07) is 4.38. The molecule has 0 aliphatic carbocycles. The second-order valence-corrected chi connectivity index (χ2v) is 3.17. The van der Waals surface area contributed by atoms with Crippen LogP contribution in [0.15, 0.2) is 24.8 Å². The number of halogens is 1. The predicted octanol–water partition coefficient (Wildman–Crippen LogP) is 2.49. The highest BCUT2D eigenvalue weighted by Gasteiger charge is 2.06. The zero-order chi connectivity index (χ0) is 10.7. The quantitative estimate of drug-likeness (QED) is 0.802. The van der Waals surface area contributed by atoms with E-state index in [-0.39, 0.29) is 6.42 Å². The zero-order valence-corrected chi connectivity index (χ0v) is 7.88. The number of rotatable bonds is 3. The number of hydrogen-bond donors (Lipinski definition) is 1. The fraction of sp³-hybridized carbons (Fsp3) is 0.182. The number of hydrogen-bond acceptors (Lipinski definition) is 1. The van der Waals surface area contributed by atoms with E-state index in [1.54, 1.807) is 19.1 Å². The molecule has 2 nitrogen and oxygen atoms in total. The fourth-order valence-electron chi connectivity index (χ4n) is 1.19. The summed E-state index contributed by atoms with van der Waals surface area (Å²) in [6.07, 6.45) is -0.159. The minimum absolute atomic E-state index is 0.159. The molecular weight excluding hydrogens is 183 g/mol. The van der Waals surface area contributed by atoms with Crippen LogP contribution in [0.4, 0.5) is 4.39 Å². The standard InChI is InChI=1S/C11H11FO2/c1-7(2)9-4-3-8(5-10(9)12)6-11(13)14/h3-5H,1,6H2,2H3,(H,13,14). The maximum Gasteiger partial charge on any atom is 0.307 e. The Morgan fingerprint density at radius 3 is 2.64 bits per heavy atom. The third-order valence-corrected chi connectivity index (χ3v) is 1.85. The van der Waals surface area contributed by atoms with Gasteiger partial charge < -0.3 is 5.11 Å². The van der Waals surface area contributed by atoms with Gasteiger partial charge in [-0.3, -0.25) is 4.79 Å². The minimum atomic E-state index is -0.965. The van der Waals surface area contributed by atoms with Crippen molar-refractivity contribution in [2.75, 3.05) is 0 Å². The van der Waals surface area contributed by atoms with Crippen LogP contribution >= 0.6 is 0 Å². The van der Waals surface area contributed by atoms with Gasteiger partial charge in [-0.1, -0.05) is 18.7 Å². The second-order valence-electron chi connectivity index (χ2n) is 3.17. The lowest BCUT2D eigenvalue weighted by molar-refractivity contribution is -0.136. The average Bonchev–Trinajstić information content (AvgIpc) is 2.01. The van der Waals surface area contributed by atoms with Crippen molar-refractivity contribution in [1.82, 2.24) is 0 Å². The van der Waals surface area contributed by atoms with Gasteiger partial charge in [0.05, 0.1) is 6.42 Å². The van der Waals surface area contributed by atoms with E-state index < -0.39 is 11.8 Å². The van der Waals surface area contributed by atoms with E-state index in [1.165, 1.54) is 6.07 Å². The Kier molecular flexibility index (Phi) is 3.02. The molecule has 0 radical (unpaired) electrons. The summed E-state index contributed by atoms with van der Waals surface area (Å²) in [4.78, 5) is 10.4. The number of aliphatic carboxylic acids is 1. The topological polar surface area (TPSA) is 37.3 Å². The van der Waals surface area contributed by atoms with Gasteiger partial charge in [0.2, 0.25) is 0 Å². The van der Waals surface area contributed by atoms with E-state index in [4.69, 9.17) is 5.11 Å². The molecule has 0 bridgehead atoms. The van der Waals surface area contributed by atoms with Crippen molar-refractivity contribution in [2.24, 2.45) is 0 Å². The van der Waals surface area contributed by atoms with Gasteiger partial charge in [0.1, 0.15) is 5.82 Å². The highest BCUT2D eigenvalue weighted by molar-refractivity contribution is 5.70. The van der Waals surface area contributed by atoms with Gasteiger partial charge in [0, 0.05) is 5.56 Å². The SMILES string of the molecule is C=C(C)c1ccc(CC(=O)O)cc1F. The van der Waals surface area contributed by atoms with Gasteiger partial charge in [-0.15, -0.1) is 0 Å². The summed E-state index contributed by atoms with van der Waals surface area (Å²) in [7, 11) is 0. The Balaban J connectivity index is 3.00. The summed E-state index contributed by atoms with van der Waals surface area (Å²) in [5.74, 6) is -1.39. The molecule has 74 valence electrons. The molecule has 0 aliphatic rings. The van der Waals surface area contributed by atoms with Gasteiger partial charge in [-0.05, 0) is 24.1 Å². The molecule has 14 heavy (non-hydrogen) atoms. The number of carbonyl (C=O) groups is 1. The van der Waals surface area contributed by atoms with Gasteiger partial charge in [-0.25, -0.2) is 4.39 Å². The number of carboxylic acid groups (broad SMARTS) is 1. The molecule has 0 atom stereocenters. The molecule has 0 aromatic heterocycles. The third kappa shape index (κ3) is 2.42. The van der Waals surface area contributed by atoms with Gasteiger partial charge in [0.25, 0.3) is 0 Å². The summed E-state index contributed by atoms with van der Waals surface area (Å²) >= 11 is 0. The van der Waals surface area contributed by atoms with Crippen LogP contribution in [0.5, 0.6) is 0 Å². The smallest absolute Gasteiger partial charge is 0.307 e. The maximum atomic E-state index is 13.3. The molecule has 0 heterocycles. The Bertz CT molecular complexity index is 383. The largest absolute Gasteiger partial charge is 0.481 e. The Labute approximate surface area is 81.7 Å². The lowest BCUT2D eigenvalue weighted by atomic mass is 10.0. The maximum absolute atomic E-state index is 13.3. The molecule has 1 N–H and O–H groups in total. The van der Waals surface area contributed by atoms with Crippen LogP contribution < -0.4 is 0 Å². The second kappa shape index (κ2) is 4.05. The minimum Gasteiger partial charge on any atom is -0.481 e. The molecule has 3 heteroatoms. The van der Waals surface area contributed by atoms with E-state index in [2.05, 4.69) is 6.58 Å². The first-order chi connectivity index (χ1) is 6.50. The van der Waals surface area contributed by atoms with E-state index >= 15 is 0 Å². The molecule has 0 amide bonds. The highest BCUT2D eigenvalue weighted by Crippen LogP contribution is 2.17. The predicted molar refractivity (Wildman–Crippen MR) is 52.4 cm³/mol. The normalized spacial score (nSPS) is 9.86. The number of carboxylic acids is 1. The van der Waals surface area contributed by atoms with Crippen LogP contribution in [-0.4, -0.2) is 11.1 Å². The molecule has 1 aromatic rings. The zero-order valence-electron chi connectivity index (χ0n) is 7.88. The van der Waals surface area contributed by atoms with E-state index in [1.807, 2.05) is 0 Å². The van der Waals surface area contributed by atoms with Crippen LogP contribution in [-0.2, 0) is 11.2 Å². The Morgan fingerprint density at radius 1 is 1.57 bits per heavy atom. The van der Waals surface area contributed by atoms with Gasteiger partial charge >= 0.3 is 5.97 Å². The molecule has 0 aliphatic heterocycles. The summed E-state index contributed by atoms with van der Waals surface area (Å²) < 4.78 is 13.3. The van der Waals surface area contributed by atoms with Crippen molar-refractivity contribution in [3.8, 4) is 0 Å². The summed E-state index contributed by atoms with van der Waals surface area (Å²) in [5, 5.41) is 8.50. The van der Waals surface area contributed by atoms with Crippen molar-refractivity contribution >= 4 is 11.5 Å². The van der Waals surface area contributed by atoms with Crippen LogP contribution in [0, 0.1) is 5.82 Å². The molecule has 1 rings (SSSR count). The lowest BCUT2D eigenvalue weighted by Crippen LogP contribution is -2.01. The average molecular weight is 194 g/mol. The van der Waals surface area contributed by atoms with Crippen molar-refractivity contribution in [3.05, 3.63) is 41.7 Å². The van der Waals surface area contributed by atoms with Crippen molar-refractivity contribution < 1.29 is 14.3 Å². The first-order valence-corrected chi connectivity index (χ1v) is 4.17. The van der Waals surface area contributed by atoms with E-state index in [0.29, 0.717) is 16.7 Å². The van der Waals surface area contributed by atoms with Gasteiger partial charge in [0.15, 0.2) is 0 Å². The Morgan fingerprint density at radius 2 is 2.21 bits per heavy atom. The molecular formula is C11H11FO2. The Hall–Kier alpha value is -1.64. The fourth-order valence-corrected chi connectivity index (χ4v) is 1.19. The van der Waals surface area contributed by atoms with Crippen molar-refractivity contribution in [2.45, 2.75) is 13.3 Å². The molecule has 0 fully saturated rings. The van der Waals surface area contributed by atoms with Gasteiger partial charge in [-0.2, -0.15) is 0 Å². The van der Waals surface area contributed by atoms with E-state index in [0.717, 1.165) is 0 Å². The molecule has 0 unspecified atom stereocenters. The monoisotopic (exact) mass is 194 g/mol. The summed E-state index contributed by atoms with van der Waals surface area (Å²) in [5.41, 5.74) is 1.52. The number of benzene rings is 1. The molecule has 0 saturated carbocycles. The number of allylic oxidation sites excluding steroid dienone is 1. The lowest BCUT2D eigenvalue weighted by Gasteiger charge is -2.03. The third-order valence-electron chi connectivity index (χ3n) is 1.85. The van der Waals surface area contributed by atoms with Crippen molar-refractivity contribution in [3.63, 3.8) is 0 Å². The molecule has 0 spiro atoms. The molecule has 1 aromatic carbocycles. The van der Waals surface area contributed by atoms with Crippen LogP contribution in [0.3, 0.4) is 0 Å². The van der Waals surface area contributed by atoms with E-state index in [9.17, 15) is 9.18 Å². The summed E-state index contributed by atoms with van der Waals surface area (Å²) in [6.45, 7) is 5.32. The van der Waals surface area contributed by atoms with Crippen molar-refractivity contribution in [1.29, 1.82) is 0 Å². The van der Waals surface area contributed by atoms with Crippen LogP contribution in [0.25, 0.3) is 5.57 Å². The first kappa shape index (κ1) is 10.4. The first-order valence-electron chi connectivity index (χ1n) is 4.17.